The molecule has 1 N–H and O–H groups in total. The number of piperazine rings is 1. The zero-order chi connectivity index (χ0) is 13.1. The molecule has 0 saturated carbocycles. The standard InChI is InChI=1S/C14H18FN3/c1-10-9-18(11(2)8-17-10)14-4-3-12(7-16)13(5-14)6-15/h3-5,10-11,17H,6,8-9H2,1-2H3/t10-,11+/m1/s1. The van der Waals surface area contributed by atoms with E-state index in [1.165, 1.54) is 0 Å². The second kappa shape index (κ2) is 5.36. The number of hydrogen-bond donors (Lipinski definition) is 1. The summed E-state index contributed by atoms with van der Waals surface area (Å²) in [5.74, 6) is 0. The molecule has 0 aliphatic carbocycles. The molecule has 1 aromatic rings. The Labute approximate surface area is 107 Å². The van der Waals surface area contributed by atoms with E-state index in [0.29, 0.717) is 23.2 Å². The van der Waals surface area contributed by atoms with Gasteiger partial charge in [0.05, 0.1) is 11.6 Å². The lowest BCUT2D eigenvalue weighted by Gasteiger charge is -2.39. The number of anilines is 1. The zero-order valence-electron chi connectivity index (χ0n) is 10.8. The number of hydrogen-bond acceptors (Lipinski definition) is 3. The average molecular weight is 247 g/mol. The molecule has 3 nitrogen and oxygen atoms in total. The Hall–Kier alpha value is -1.60. The lowest BCUT2D eigenvalue weighted by Crippen LogP contribution is -2.54. The number of alkyl halides is 1. The third-order valence-corrected chi connectivity index (χ3v) is 3.45. The third-order valence-electron chi connectivity index (χ3n) is 3.45. The summed E-state index contributed by atoms with van der Waals surface area (Å²) in [6, 6.07) is 8.24. The fourth-order valence-electron chi connectivity index (χ4n) is 2.36. The molecule has 2 rings (SSSR count). The van der Waals surface area contributed by atoms with Crippen LogP contribution in [-0.4, -0.2) is 25.2 Å². The first-order chi connectivity index (χ1) is 8.65. The van der Waals surface area contributed by atoms with E-state index >= 15 is 0 Å². The van der Waals surface area contributed by atoms with Crippen LogP contribution >= 0.6 is 0 Å². The summed E-state index contributed by atoms with van der Waals surface area (Å²) in [6.45, 7) is 5.52. The van der Waals surface area contributed by atoms with E-state index in [0.717, 1.165) is 18.8 Å². The summed E-state index contributed by atoms with van der Waals surface area (Å²) >= 11 is 0. The van der Waals surface area contributed by atoms with Gasteiger partial charge in [-0.25, -0.2) is 4.39 Å². The van der Waals surface area contributed by atoms with Crippen molar-refractivity contribution in [1.29, 1.82) is 5.26 Å². The van der Waals surface area contributed by atoms with Crippen molar-refractivity contribution in [3.05, 3.63) is 29.3 Å². The van der Waals surface area contributed by atoms with Crippen LogP contribution in [0.15, 0.2) is 18.2 Å². The summed E-state index contributed by atoms with van der Waals surface area (Å²) in [7, 11) is 0. The van der Waals surface area contributed by atoms with Gasteiger partial charge in [-0.1, -0.05) is 0 Å². The van der Waals surface area contributed by atoms with E-state index in [4.69, 9.17) is 5.26 Å². The number of benzene rings is 1. The highest BCUT2D eigenvalue weighted by molar-refractivity contribution is 5.54. The first-order valence-electron chi connectivity index (χ1n) is 6.24. The Morgan fingerprint density at radius 1 is 1.50 bits per heavy atom. The van der Waals surface area contributed by atoms with Gasteiger partial charge in [0.15, 0.2) is 0 Å². The minimum Gasteiger partial charge on any atom is -0.366 e. The Morgan fingerprint density at radius 2 is 2.28 bits per heavy atom. The van der Waals surface area contributed by atoms with E-state index in [9.17, 15) is 4.39 Å². The normalized spacial score (nSPS) is 23.8. The predicted octanol–water partition coefficient (Wildman–Crippen LogP) is 2.21. The summed E-state index contributed by atoms with van der Waals surface area (Å²) in [4.78, 5) is 2.27. The minimum absolute atomic E-state index is 0.376. The van der Waals surface area contributed by atoms with Crippen molar-refractivity contribution in [3.63, 3.8) is 0 Å². The lowest BCUT2D eigenvalue weighted by atomic mass is 10.1. The summed E-state index contributed by atoms with van der Waals surface area (Å²) < 4.78 is 12.9. The van der Waals surface area contributed by atoms with Gasteiger partial charge in [-0.15, -0.1) is 0 Å². The van der Waals surface area contributed by atoms with Crippen LogP contribution in [0.5, 0.6) is 0 Å². The van der Waals surface area contributed by atoms with Gasteiger partial charge in [0.2, 0.25) is 0 Å². The van der Waals surface area contributed by atoms with Crippen molar-refractivity contribution in [2.45, 2.75) is 32.6 Å². The number of nitrogens with zero attached hydrogens (tertiary/aromatic N) is 2. The van der Waals surface area contributed by atoms with Crippen molar-refractivity contribution in [2.75, 3.05) is 18.0 Å². The predicted molar refractivity (Wildman–Crippen MR) is 70.2 cm³/mol. The number of nitriles is 1. The first kappa shape index (κ1) is 12.8. The molecule has 1 aliphatic heterocycles. The molecule has 1 fully saturated rings. The molecular weight excluding hydrogens is 229 g/mol. The number of rotatable bonds is 2. The quantitative estimate of drug-likeness (QED) is 0.871. The second-order valence-corrected chi connectivity index (χ2v) is 4.90. The Kier molecular flexibility index (Phi) is 3.83. The average Bonchev–Trinajstić information content (AvgIpc) is 2.40. The van der Waals surface area contributed by atoms with Crippen LogP contribution in [-0.2, 0) is 6.67 Å². The van der Waals surface area contributed by atoms with Gasteiger partial charge in [0.25, 0.3) is 0 Å². The second-order valence-electron chi connectivity index (χ2n) is 4.90. The van der Waals surface area contributed by atoms with Crippen LogP contribution in [0.2, 0.25) is 0 Å². The molecule has 0 spiro atoms. The maximum Gasteiger partial charge on any atom is 0.116 e. The molecule has 96 valence electrons. The van der Waals surface area contributed by atoms with Crippen LogP contribution in [0.3, 0.4) is 0 Å². The molecular formula is C14H18FN3. The fourth-order valence-corrected chi connectivity index (χ4v) is 2.36. The molecule has 1 heterocycles. The van der Waals surface area contributed by atoms with E-state index in [-0.39, 0.29) is 0 Å². The smallest absolute Gasteiger partial charge is 0.116 e. The van der Waals surface area contributed by atoms with Crippen LogP contribution in [0.1, 0.15) is 25.0 Å². The van der Waals surface area contributed by atoms with Gasteiger partial charge in [0, 0.05) is 36.4 Å². The topological polar surface area (TPSA) is 39.1 Å². The minimum atomic E-state index is -0.591. The van der Waals surface area contributed by atoms with E-state index in [2.05, 4.69) is 24.1 Å². The molecule has 1 aliphatic rings. The SMILES string of the molecule is C[C@@H]1CN(c2ccc(C#N)c(CF)c2)[C@@H](C)CN1. The Morgan fingerprint density at radius 3 is 2.94 bits per heavy atom. The summed E-state index contributed by atoms with van der Waals surface area (Å²) in [5, 5.41) is 12.3. The third kappa shape index (κ3) is 2.46. The number of nitrogens with one attached hydrogen (secondary N) is 1. The van der Waals surface area contributed by atoms with E-state index in [1.54, 1.807) is 12.1 Å². The van der Waals surface area contributed by atoms with Crippen LogP contribution in [0.25, 0.3) is 0 Å². The van der Waals surface area contributed by atoms with Gasteiger partial charge in [-0.05, 0) is 32.0 Å². The molecule has 0 amide bonds. The zero-order valence-corrected chi connectivity index (χ0v) is 10.8. The van der Waals surface area contributed by atoms with Crippen molar-refractivity contribution < 1.29 is 4.39 Å². The molecule has 0 radical (unpaired) electrons. The van der Waals surface area contributed by atoms with Crippen molar-refractivity contribution in [2.24, 2.45) is 0 Å². The van der Waals surface area contributed by atoms with Crippen molar-refractivity contribution in [3.8, 4) is 6.07 Å². The summed E-state index contributed by atoms with van der Waals surface area (Å²) in [6.07, 6.45) is 0. The molecule has 4 heteroatoms. The monoisotopic (exact) mass is 247 g/mol. The highest BCUT2D eigenvalue weighted by Gasteiger charge is 2.22. The van der Waals surface area contributed by atoms with Gasteiger partial charge >= 0.3 is 0 Å². The molecule has 1 aromatic carbocycles. The van der Waals surface area contributed by atoms with Crippen LogP contribution < -0.4 is 10.2 Å². The Balaban J connectivity index is 2.30. The highest BCUT2D eigenvalue weighted by Crippen LogP contribution is 2.23. The fraction of sp³-hybridized carbons (Fsp3) is 0.500. The van der Waals surface area contributed by atoms with E-state index in [1.807, 2.05) is 12.1 Å². The van der Waals surface area contributed by atoms with E-state index < -0.39 is 6.67 Å². The number of halogens is 1. The molecule has 18 heavy (non-hydrogen) atoms. The van der Waals surface area contributed by atoms with Crippen molar-refractivity contribution >= 4 is 5.69 Å². The maximum absolute atomic E-state index is 12.9. The van der Waals surface area contributed by atoms with Gasteiger partial charge in [-0.3, -0.25) is 0 Å². The van der Waals surface area contributed by atoms with Gasteiger partial charge in [-0.2, -0.15) is 5.26 Å². The van der Waals surface area contributed by atoms with Crippen LogP contribution in [0, 0.1) is 11.3 Å². The van der Waals surface area contributed by atoms with Gasteiger partial charge < -0.3 is 10.2 Å². The maximum atomic E-state index is 12.9. The molecule has 0 bridgehead atoms. The molecule has 2 atom stereocenters. The molecule has 1 saturated heterocycles. The Bertz CT molecular complexity index is 467. The largest absolute Gasteiger partial charge is 0.366 e. The molecule has 0 aromatic heterocycles. The van der Waals surface area contributed by atoms with Gasteiger partial charge in [0.1, 0.15) is 6.67 Å². The summed E-state index contributed by atoms with van der Waals surface area (Å²) in [5.41, 5.74) is 1.91. The highest BCUT2D eigenvalue weighted by atomic mass is 19.1. The lowest BCUT2D eigenvalue weighted by molar-refractivity contribution is 0.424. The van der Waals surface area contributed by atoms with Crippen molar-refractivity contribution in [1.82, 2.24) is 5.32 Å². The molecule has 0 unspecified atom stereocenters. The first-order valence-corrected chi connectivity index (χ1v) is 6.24. The van der Waals surface area contributed by atoms with Crippen LogP contribution in [0.4, 0.5) is 10.1 Å².